The first-order chi connectivity index (χ1) is 14.2. The van der Waals surface area contributed by atoms with Crippen molar-refractivity contribution < 1.29 is 9.59 Å². The molecule has 0 spiro atoms. The number of carbonyl (C=O) groups is 2. The van der Waals surface area contributed by atoms with Crippen LogP contribution >= 0.6 is 11.3 Å². The summed E-state index contributed by atoms with van der Waals surface area (Å²) in [6.07, 6.45) is 0. The lowest BCUT2D eigenvalue weighted by molar-refractivity contribution is 0.0947. The van der Waals surface area contributed by atoms with Crippen LogP contribution in [0.4, 0.5) is 5.69 Å². The Balaban J connectivity index is 1.42. The van der Waals surface area contributed by atoms with Crippen LogP contribution in [0.15, 0.2) is 66.0 Å². The molecule has 0 unspecified atom stereocenters. The minimum Gasteiger partial charge on any atom is -0.347 e. The lowest BCUT2D eigenvalue weighted by Crippen LogP contribution is -2.40. The highest BCUT2D eigenvalue weighted by atomic mass is 32.1. The number of amides is 2. The van der Waals surface area contributed by atoms with Crippen molar-refractivity contribution in [3.05, 3.63) is 82.3 Å². The van der Waals surface area contributed by atoms with Crippen LogP contribution in [0.25, 0.3) is 11.0 Å². The van der Waals surface area contributed by atoms with Gasteiger partial charge in [0, 0.05) is 29.2 Å². The fraction of sp³-hybridized carbons (Fsp3) is 0.136. The number of hydrogen-bond acceptors (Lipinski definition) is 4. The predicted octanol–water partition coefficient (Wildman–Crippen LogP) is 3.69. The molecule has 3 heterocycles. The molecule has 0 radical (unpaired) electrons. The Morgan fingerprint density at radius 1 is 1.07 bits per heavy atom. The van der Waals surface area contributed by atoms with Gasteiger partial charge < -0.3 is 14.8 Å². The summed E-state index contributed by atoms with van der Waals surface area (Å²) in [5.41, 5.74) is 2.93. The summed E-state index contributed by atoms with van der Waals surface area (Å²) in [6, 6.07) is 19.0. The maximum atomic E-state index is 13.0. The van der Waals surface area contributed by atoms with Gasteiger partial charge in [0.2, 0.25) is 5.82 Å². The van der Waals surface area contributed by atoms with Gasteiger partial charge in [-0.3, -0.25) is 9.59 Å². The third-order valence-electron chi connectivity index (χ3n) is 5.07. The van der Waals surface area contributed by atoms with Crippen molar-refractivity contribution in [2.45, 2.75) is 13.1 Å². The largest absolute Gasteiger partial charge is 0.347 e. The van der Waals surface area contributed by atoms with Crippen LogP contribution in [0.5, 0.6) is 0 Å². The molecule has 29 heavy (non-hydrogen) atoms. The Hall–Kier alpha value is -3.45. The molecule has 1 aliphatic heterocycles. The molecule has 0 atom stereocenters. The molecular formula is C22H18N4O2S. The van der Waals surface area contributed by atoms with E-state index in [1.54, 1.807) is 28.4 Å². The first kappa shape index (κ1) is 17.6. The first-order valence-electron chi connectivity index (χ1n) is 9.38. The van der Waals surface area contributed by atoms with Crippen molar-refractivity contribution in [2.75, 3.05) is 11.4 Å². The zero-order chi connectivity index (χ0) is 19.8. The summed E-state index contributed by atoms with van der Waals surface area (Å²) in [5, 5.41) is 4.91. The van der Waals surface area contributed by atoms with Crippen molar-refractivity contribution in [3.63, 3.8) is 0 Å². The molecule has 0 aliphatic carbocycles. The number of nitrogens with zero attached hydrogens (tertiary/aromatic N) is 3. The lowest BCUT2D eigenvalue weighted by atomic mass is 10.2. The van der Waals surface area contributed by atoms with Gasteiger partial charge in [0.05, 0.1) is 17.6 Å². The Morgan fingerprint density at radius 2 is 1.93 bits per heavy atom. The van der Waals surface area contributed by atoms with Crippen molar-refractivity contribution in [2.24, 2.45) is 0 Å². The molecule has 5 rings (SSSR count). The molecule has 1 aliphatic rings. The SMILES string of the molecule is O=C(NCc1cccs1)c1ccc2c(c1)nc1n2CCN(c2ccccc2)C1=O. The van der Waals surface area contributed by atoms with Crippen molar-refractivity contribution >= 4 is 39.9 Å². The second kappa shape index (κ2) is 7.18. The molecule has 6 nitrogen and oxygen atoms in total. The van der Waals surface area contributed by atoms with Gasteiger partial charge in [0.25, 0.3) is 11.8 Å². The van der Waals surface area contributed by atoms with E-state index in [4.69, 9.17) is 0 Å². The number of hydrogen-bond donors (Lipinski definition) is 1. The van der Waals surface area contributed by atoms with Crippen LogP contribution in [0.1, 0.15) is 25.9 Å². The van der Waals surface area contributed by atoms with Crippen LogP contribution < -0.4 is 10.2 Å². The molecule has 2 aromatic carbocycles. The van der Waals surface area contributed by atoms with Crippen LogP contribution in [-0.4, -0.2) is 27.9 Å². The average molecular weight is 402 g/mol. The normalized spacial score (nSPS) is 13.5. The molecule has 7 heteroatoms. The summed E-state index contributed by atoms with van der Waals surface area (Å²) >= 11 is 1.61. The van der Waals surface area contributed by atoms with E-state index in [1.165, 1.54) is 0 Å². The van der Waals surface area contributed by atoms with Gasteiger partial charge in [-0.25, -0.2) is 4.98 Å². The highest BCUT2D eigenvalue weighted by molar-refractivity contribution is 7.09. The van der Waals surface area contributed by atoms with Crippen molar-refractivity contribution in [1.82, 2.24) is 14.9 Å². The summed E-state index contributed by atoms with van der Waals surface area (Å²) in [6.45, 7) is 1.75. The van der Waals surface area contributed by atoms with Crippen LogP contribution in [0.3, 0.4) is 0 Å². The molecular weight excluding hydrogens is 384 g/mol. The van der Waals surface area contributed by atoms with Crippen molar-refractivity contribution in [3.8, 4) is 0 Å². The zero-order valence-electron chi connectivity index (χ0n) is 15.5. The Morgan fingerprint density at radius 3 is 2.72 bits per heavy atom. The van der Waals surface area contributed by atoms with Crippen LogP contribution in [-0.2, 0) is 13.1 Å². The molecule has 4 aromatic rings. The molecule has 2 aromatic heterocycles. The highest BCUT2D eigenvalue weighted by Gasteiger charge is 2.29. The van der Waals surface area contributed by atoms with Gasteiger partial charge >= 0.3 is 0 Å². The molecule has 1 N–H and O–H groups in total. The summed E-state index contributed by atoms with van der Waals surface area (Å²) in [7, 11) is 0. The number of para-hydroxylation sites is 1. The van der Waals surface area contributed by atoms with Crippen molar-refractivity contribution in [1.29, 1.82) is 0 Å². The Labute approximate surface area is 171 Å². The number of anilines is 1. The Kier molecular flexibility index (Phi) is 4.37. The number of aromatic nitrogens is 2. The van der Waals surface area contributed by atoms with Gasteiger partial charge in [-0.2, -0.15) is 0 Å². The smallest absolute Gasteiger partial charge is 0.294 e. The third-order valence-corrected chi connectivity index (χ3v) is 5.94. The number of rotatable bonds is 4. The average Bonchev–Trinajstić information content (AvgIpc) is 3.40. The first-order valence-corrected chi connectivity index (χ1v) is 10.3. The van der Waals surface area contributed by atoms with Gasteiger partial charge in [0.15, 0.2) is 0 Å². The number of carbonyl (C=O) groups excluding carboxylic acids is 2. The predicted molar refractivity (Wildman–Crippen MR) is 113 cm³/mol. The molecule has 0 bridgehead atoms. The van der Waals surface area contributed by atoms with Gasteiger partial charge in [-0.15, -0.1) is 11.3 Å². The zero-order valence-corrected chi connectivity index (χ0v) is 16.4. The second-order valence-electron chi connectivity index (χ2n) is 6.84. The van der Waals surface area contributed by atoms with E-state index in [0.717, 1.165) is 16.1 Å². The van der Waals surface area contributed by atoms with Gasteiger partial charge in [0.1, 0.15) is 0 Å². The summed E-state index contributed by atoms with van der Waals surface area (Å²) in [4.78, 5) is 32.9. The number of thiophene rings is 1. The maximum Gasteiger partial charge on any atom is 0.294 e. The third kappa shape index (κ3) is 3.19. The van der Waals surface area contributed by atoms with E-state index in [0.29, 0.717) is 36.5 Å². The number of benzene rings is 2. The molecule has 0 fully saturated rings. The Bertz CT molecular complexity index is 1200. The number of nitrogens with one attached hydrogen (secondary N) is 1. The second-order valence-corrected chi connectivity index (χ2v) is 7.88. The molecule has 0 saturated carbocycles. The van der Waals surface area contributed by atoms with E-state index in [1.807, 2.05) is 58.5 Å². The summed E-state index contributed by atoms with van der Waals surface area (Å²) < 4.78 is 1.93. The topological polar surface area (TPSA) is 67.2 Å². The lowest BCUT2D eigenvalue weighted by Gasteiger charge is -2.27. The maximum absolute atomic E-state index is 13.0. The summed E-state index contributed by atoms with van der Waals surface area (Å²) in [5.74, 6) is 0.136. The monoisotopic (exact) mass is 402 g/mol. The molecule has 0 saturated heterocycles. The number of fused-ring (bicyclic) bond motifs is 3. The standard InChI is InChI=1S/C22H18N4O2S/c27-21(23-14-17-7-4-12-29-17)15-8-9-19-18(13-15)24-20-22(28)25(10-11-26(19)20)16-5-2-1-3-6-16/h1-9,12-13H,10-11,14H2,(H,23,27). The fourth-order valence-electron chi connectivity index (χ4n) is 3.62. The van der Waals surface area contributed by atoms with E-state index in [-0.39, 0.29) is 11.8 Å². The number of imidazole rings is 1. The van der Waals surface area contributed by atoms with E-state index < -0.39 is 0 Å². The van der Waals surface area contributed by atoms with E-state index in [2.05, 4.69) is 10.3 Å². The van der Waals surface area contributed by atoms with Crippen LogP contribution in [0.2, 0.25) is 0 Å². The molecule has 2 amide bonds. The minimum atomic E-state index is -0.150. The van der Waals surface area contributed by atoms with Gasteiger partial charge in [-0.1, -0.05) is 24.3 Å². The fourth-order valence-corrected chi connectivity index (χ4v) is 4.26. The van der Waals surface area contributed by atoms with Crippen LogP contribution in [0, 0.1) is 0 Å². The quantitative estimate of drug-likeness (QED) is 0.566. The molecule has 144 valence electrons. The highest BCUT2D eigenvalue weighted by Crippen LogP contribution is 2.25. The van der Waals surface area contributed by atoms with Gasteiger partial charge in [-0.05, 0) is 41.8 Å². The minimum absolute atomic E-state index is 0.123. The van der Waals surface area contributed by atoms with E-state index in [9.17, 15) is 9.59 Å². The van der Waals surface area contributed by atoms with E-state index >= 15 is 0 Å².